The Balaban J connectivity index is 1.75. The van der Waals surface area contributed by atoms with Gasteiger partial charge < -0.3 is 94.5 Å². The Hall–Kier alpha value is -9.30. The van der Waals surface area contributed by atoms with Crippen LogP contribution < -0.4 is 64.1 Å². The van der Waals surface area contributed by atoms with Crippen LogP contribution in [0, 0.1) is 5.92 Å². The summed E-state index contributed by atoms with van der Waals surface area (Å²) in [7, 11) is 0. The average Bonchev–Trinajstić information content (AvgIpc) is 1.55. The van der Waals surface area contributed by atoms with Gasteiger partial charge in [-0.2, -0.15) is 0 Å². The van der Waals surface area contributed by atoms with Gasteiger partial charge >= 0.3 is 17.9 Å². The Morgan fingerprint density at radius 1 is 0.615 bits per heavy atom. The number of carbonyl (C=O) groups excluding carboxylic acids is 12. The number of carboxylic acids is 2. The Morgan fingerprint density at radius 3 is 1.76 bits per heavy atom. The van der Waals surface area contributed by atoms with Gasteiger partial charge in [-0.05, 0) is 113 Å². The lowest BCUT2D eigenvalue weighted by molar-refractivity contribution is -0.143. The van der Waals surface area contributed by atoms with Crippen LogP contribution in [0.1, 0.15) is 200 Å². The summed E-state index contributed by atoms with van der Waals surface area (Å²) in [4.78, 5) is 195. The number of hydrogen-bond acceptors (Lipinski definition) is 19. The smallest absolute Gasteiger partial charge is 0.334 e. The number of aromatic hydroxyl groups is 1. The number of fused-ring (bicyclic) bond motifs is 23. The number of rotatable bonds is 36. The Kier molecular flexibility index (Phi) is 38.3. The number of ether oxygens (including phenoxy) is 1. The van der Waals surface area contributed by atoms with Gasteiger partial charge in [0.05, 0.1) is 18.6 Å². The van der Waals surface area contributed by atoms with Crippen molar-refractivity contribution >= 4 is 82.9 Å². The molecular weight excluding hydrogens is 1350 g/mol. The van der Waals surface area contributed by atoms with Crippen LogP contribution in [0.5, 0.6) is 11.5 Å². The summed E-state index contributed by atoms with van der Waals surface area (Å²) in [5.74, 6) is -15.4. The van der Waals surface area contributed by atoms with Crippen molar-refractivity contribution in [1.29, 1.82) is 0 Å². The Bertz CT molecular complexity index is 3190. The van der Waals surface area contributed by atoms with Gasteiger partial charge in [0.2, 0.25) is 65.0 Å². The highest BCUT2D eigenvalue weighted by atomic mass is 16.5. The first-order valence-corrected chi connectivity index (χ1v) is 36.3. The van der Waals surface area contributed by atoms with Crippen molar-refractivity contribution in [1.82, 2.24) is 52.8 Å². The molecular formula is C72H110N12O20. The number of amides is 11. The van der Waals surface area contributed by atoms with Crippen LogP contribution in [-0.2, 0) is 80.0 Å². The van der Waals surface area contributed by atoms with Crippen LogP contribution in [-0.4, -0.2) is 199 Å². The second kappa shape index (κ2) is 45.7. The van der Waals surface area contributed by atoms with Gasteiger partial charge in [0.25, 0.3) is 0 Å². The monoisotopic (exact) mass is 1460 g/mol. The number of aliphatic carboxylic acids is 2. The molecule has 3 aliphatic heterocycles. The topological polar surface area (TPSA) is 513 Å². The van der Waals surface area contributed by atoms with Crippen molar-refractivity contribution in [2.45, 2.75) is 274 Å². The lowest BCUT2D eigenvalue weighted by atomic mass is 9.97. The molecule has 2 bridgehead atoms. The van der Waals surface area contributed by atoms with Gasteiger partial charge in [0.15, 0.2) is 0 Å². The molecule has 0 spiro atoms. The third-order valence-corrected chi connectivity index (χ3v) is 18.4. The summed E-state index contributed by atoms with van der Waals surface area (Å²) in [5.41, 5.74) is 12.0. The van der Waals surface area contributed by atoms with E-state index in [1.807, 2.05) is 0 Å². The van der Waals surface area contributed by atoms with Crippen molar-refractivity contribution in [3.05, 3.63) is 59.7 Å². The number of hydrogen-bond donors (Lipinski definition) is 16. The lowest BCUT2D eigenvalue weighted by Gasteiger charge is -2.30. The number of nitrogens with two attached hydrogens (primary N) is 2. The number of nitrogens with one attached hydrogen (secondary N) is 9. The zero-order valence-corrected chi connectivity index (χ0v) is 60.4. The highest BCUT2D eigenvalue weighted by molar-refractivity contribution is 5.99. The molecule has 5 rings (SSSR count). The fourth-order valence-electron chi connectivity index (χ4n) is 12.1. The fourth-order valence-corrected chi connectivity index (χ4v) is 12.1. The number of esters is 1. The van der Waals surface area contributed by atoms with Crippen molar-refractivity contribution in [3.63, 3.8) is 0 Å². The van der Waals surface area contributed by atoms with Gasteiger partial charge in [0, 0.05) is 38.6 Å². The molecule has 13 atom stereocenters. The van der Waals surface area contributed by atoms with E-state index in [0.29, 0.717) is 24.8 Å². The molecule has 3 aliphatic rings. The van der Waals surface area contributed by atoms with Gasteiger partial charge in [-0.1, -0.05) is 122 Å². The molecule has 0 aliphatic carbocycles. The third-order valence-electron chi connectivity index (χ3n) is 18.4. The second-order valence-electron chi connectivity index (χ2n) is 27.1. The molecule has 0 unspecified atom stereocenters. The van der Waals surface area contributed by atoms with Crippen LogP contribution in [0.15, 0.2) is 48.5 Å². The first-order valence-electron chi connectivity index (χ1n) is 36.3. The number of phenols is 1. The normalized spacial score (nSPS) is 21.9. The minimum absolute atomic E-state index is 0.0222. The van der Waals surface area contributed by atoms with E-state index in [9.17, 15) is 92.7 Å². The van der Waals surface area contributed by atoms with Gasteiger partial charge in [-0.15, -0.1) is 0 Å². The van der Waals surface area contributed by atoms with Gasteiger partial charge in [-0.3, -0.25) is 62.3 Å². The van der Waals surface area contributed by atoms with Gasteiger partial charge in [0.1, 0.15) is 71.9 Å². The molecule has 32 nitrogen and oxygen atoms in total. The van der Waals surface area contributed by atoms with E-state index >= 15 is 0 Å². The van der Waals surface area contributed by atoms with E-state index in [0.717, 1.165) is 43.9 Å². The number of unbranched alkanes of at least 4 members (excludes halogenated alkanes) is 10. The van der Waals surface area contributed by atoms with E-state index < -0.39 is 213 Å². The molecule has 104 heavy (non-hydrogen) atoms. The predicted octanol–water partition coefficient (Wildman–Crippen LogP) is 1.08. The largest absolute Gasteiger partial charge is 0.508 e. The van der Waals surface area contributed by atoms with Crippen LogP contribution in [0.2, 0.25) is 0 Å². The maximum Gasteiger partial charge on any atom is 0.334 e. The van der Waals surface area contributed by atoms with Crippen molar-refractivity contribution in [3.8, 4) is 11.5 Å². The van der Waals surface area contributed by atoms with Crippen molar-refractivity contribution in [2.24, 2.45) is 17.4 Å². The van der Waals surface area contributed by atoms with Crippen molar-refractivity contribution in [2.75, 3.05) is 13.1 Å². The quantitative estimate of drug-likeness (QED) is 0.0196. The molecule has 0 aromatic heterocycles. The lowest BCUT2D eigenvalue weighted by Crippen LogP contribution is -2.62. The van der Waals surface area contributed by atoms with E-state index in [1.165, 1.54) is 87.6 Å². The summed E-state index contributed by atoms with van der Waals surface area (Å²) >= 11 is 0. The van der Waals surface area contributed by atoms with E-state index in [2.05, 4.69) is 54.8 Å². The summed E-state index contributed by atoms with van der Waals surface area (Å²) < 4.78 is 5.82. The number of carbonyl (C=O) groups is 14. The van der Waals surface area contributed by atoms with Crippen LogP contribution >= 0.6 is 0 Å². The number of aliphatic hydroxyl groups is 2. The number of nitrogens with zero attached hydrogens (tertiary/aromatic N) is 1. The molecule has 578 valence electrons. The maximum absolute atomic E-state index is 14.8. The molecule has 0 radical (unpaired) electrons. The summed E-state index contributed by atoms with van der Waals surface area (Å²) in [6, 6.07) is -4.87. The number of carboxylic acid groups (broad SMARTS) is 2. The molecule has 32 heteroatoms. The van der Waals surface area contributed by atoms with Gasteiger partial charge in [-0.25, -0.2) is 4.79 Å². The van der Waals surface area contributed by atoms with Crippen LogP contribution in [0.25, 0.3) is 0 Å². The Morgan fingerprint density at radius 2 is 1.17 bits per heavy atom. The number of benzene rings is 2. The van der Waals surface area contributed by atoms with E-state index in [-0.39, 0.29) is 62.3 Å². The highest BCUT2D eigenvalue weighted by Crippen LogP contribution is 2.23. The fraction of sp³-hybridized carbons (Fsp3) is 0.639. The van der Waals surface area contributed by atoms with Crippen molar-refractivity contribution < 1.29 is 97.4 Å². The zero-order chi connectivity index (χ0) is 77.0. The molecule has 18 N–H and O–H groups in total. The molecule has 2 aromatic rings. The molecule has 0 saturated carbocycles. The molecule has 3 heterocycles. The molecule has 1 saturated heterocycles. The summed E-state index contributed by atoms with van der Waals surface area (Å²) in [6.07, 6.45) is 5.34. The first-order chi connectivity index (χ1) is 49.4. The summed E-state index contributed by atoms with van der Waals surface area (Å²) in [6.45, 7) is 7.83. The number of primary amides is 1. The standard InChI is InChI=1S/C72H110N12O20/c1-6-8-9-10-11-12-13-14-15-16-17-20-48(87)41-58(89)76-51(32-35-59(90)91)65(96)77-50(21-18-37-73)64(95)80-55-40-46-25-29-49(30-26-46)104-72(103)61(42(3)7-2)82-67(98)54(39-45-23-27-47(86)28-24-45)81-66(97)52(31-34-57(74)88)78-69(100)56-22-19-38-84(56)71(102)43(4)75-63(94)53(33-36-60(92)93)79-70(101)62(44(5)85)83-68(55)99/h23-30,42-44,48,50-56,61-62,85-87H,6-22,31-41,73H2,1-5H3,(H2,74,88)(H,75,94)(H,76,89)(H,77,96)(H,78,100)(H,79,101)(H,80,95)(H,81,97)(H,82,98)(H,83,99)(H,90,91)(H,92,93)/t42-,43-,44+,48-,50-,51-,52-,53-,54-,55-,56-,61-,62-/m0/s1. The molecule has 11 amide bonds. The van der Waals surface area contributed by atoms with E-state index in [1.54, 1.807) is 13.8 Å². The number of phenolic OH excluding ortho intramolecular Hbond substituents is 1. The minimum Gasteiger partial charge on any atom is -0.508 e. The third kappa shape index (κ3) is 31.0. The SMILES string of the molecule is CCCCCCCCCCCCC[C@H](O)CC(=O)N[C@@H](CCC(=O)O)C(=O)N[C@@H](CCCN)C(=O)N[C@H]1Cc2ccc(cc2)OC(=O)[C@H]([C@@H](C)CC)NC(=O)[C@H](Cc2ccc(O)cc2)NC(=O)[C@H](CCC(N)=O)NC(=O)[C@@H]2CCCN2C(=O)[C@H](C)NC(=O)[C@H](CCC(=O)O)NC(=O)[C@H]([C@@H](C)O)NC1=O. The predicted molar refractivity (Wildman–Crippen MR) is 379 cm³/mol. The van der Waals surface area contributed by atoms with E-state index in [4.69, 9.17) is 16.2 Å². The number of aliphatic hydroxyl groups excluding tert-OH is 2. The van der Waals surface area contributed by atoms with Crippen LogP contribution in [0.3, 0.4) is 0 Å². The zero-order valence-electron chi connectivity index (χ0n) is 60.4. The summed E-state index contributed by atoms with van der Waals surface area (Å²) in [5, 5.41) is 74.1. The Labute approximate surface area is 606 Å². The maximum atomic E-state index is 14.8. The second-order valence-corrected chi connectivity index (χ2v) is 27.1. The minimum atomic E-state index is -1.98. The molecule has 1 fully saturated rings. The highest BCUT2D eigenvalue weighted by Gasteiger charge is 2.41. The van der Waals surface area contributed by atoms with Crippen LogP contribution in [0.4, 0.5) is 0 Å². The molecule has 2 aromatic carbocycles. The average molecular weight is 1460 g/mol. The first kappa shape index (κ1) is 87.1.